The first-order chi connectivity index (χ1) is 9.11. The maximum absolute atomic E-state index is 13.4. The molecule has 6 heteroatoms. The summed E-state index contributed by atoms with van der Waals surface area (Å²) in [6, 6.07) is 4.29. The predicted molar refractivity (Wildman–Crippen MR) is 72.4 cm³/mol. The lowest BCUT2D eigenvalue weighted by atomic mass is 10.0. The van der Waals surface area contributed by atoms with Crippen molar-refractivity contribution in [3.63, 3.8) is 0 Å². The van der Waals surface area contributed by atoms with Gasteiger partial charge in [-0.1, -0.05) is 24.6 Å². The summed E-state index contributed by atoms with van der Waals surface area (Å²) < 4.78 is 15.2. The highest BCUT2D eigenvalue weighted by molar-refractivity contribution is 6.30. The maximum Gasteiger partial charge on any atom is 0.142 e. The van der Waals surface area contributed by atoms with Crippen LogP contribution >= 0.6 is 11.6 Å². The van der Waals surface area contributed by atoms with Crippen molar-refractivity contribution >= 4 is 11.6 Å². The Morgan fingerprint density at radius 2 is 2.26 bits per heavy atom. The molecular formula is C13H16ClFN4. The van der Waals surface area contributed by atoms with Crippen molar-refractivity contribution in [3.05, 3.63) is 46.8 Å². The highest BCUT2D eigenvalue weighted by Gasteiger charge is 2.13. The van der Waals surface area contributed by atoms with Gasteiger partial charge in [0, 0.05) is 19.0 Å². The molecule has 0 radical (unpaired) electrons. The van der Waals surface area contributed by atoms with E-state index in [9.17, 15) is 4.39 Å². The Morgan fingerprint density at radius 3 is 2.95 bits per heavy atom. The molecule has 2 rings (SSSR count). The molecule has 0 fully saturated rings. The molecule has 0 aliphatic heterocycles. The summed E-state index contributed by atoms with van der Waals surface area (Å²) in [6.45, 7) is 2.87. The summed E-state index contributed by atoms with van der Waals surface area (Å²) in [7, 11) is 0. The molecule has 1 aromatic carbocycles. The Labute approximate surface area is 116 Å². The van der Waals surface area contributed by atoms with Crippen LogP contribution in [0.3, 0.4) is 0 Å². The normalized spacial score (nSPS) is 12.6. The number of hydrogen-bond acceptors (Lipinski definition) is 3. The number of nitrogens with zero attached hydrogens (tertiary/aromatic N) is 3. The average molecular weight is 283 g/mol. The van der Waals surface area contributed by atoms with Crippen LogP contribution in [-0.2, 0) is 13.0 Å². The molecule has 2 aromatic rings. The second-order valence-electron chi connectivity index (χ2n) is 4.38. The van der Waals surface area contributed by atoms with Crippen LogP contribution in [0.25, 0.3) is 0 Å². The summed E-state index contributed by atoms with van der Waals surface area (Å²) in [6.07, 6.45) is 3.00. The van der Waals surface area contributed by atoms with Gasteiger partial charge in [0.1, 0.15) is 18.0 Å². The Kier molecular flexibility index (Phi) is 4.50. The van der Waals surface area contributed by atoms with Gasteiger partial charge in [0.05, 0.1) is 5.02 Å². The molecule has 2 N–H and O–H groups in total. The maximum atomic E-state index is 13.4. The standard InChI is InChI=1S/C13H16ClFN4/c1-2-5-19-13(17-8-18-19)7-12(16)9-3-4-10(14)11(15)6-9/h3-4,6,8,12H,2,5,7,16H2,1H3. The monoisotopic (exact) mass is 282 g/mol. The van der Waals surface area contributed by atoms with Crippen molar-refractivity contribution in [1.29, 1.82) is 0 Å². The summed E-state index contributed by atoms with van der Waals surface area (Å²) in [5.74, 6) is 0.356. The van der Waals surface area contributed by atoms with Gasteiger partial charge in [-0.25, -0.2) is 9.37 Å². The molecule has 1 atom stereocenters. The van der Waals surface area contributed by atoms with E-state index in [4.69, 9.17) is 17.3 Å². The molecule has 0 aliphatic carbocycles. The van der Waals surface area contributed by atoms with E-state index in [1.807, 2.05) is 4.68 Å². The lowest BCUT2D eigenvalue weighted by molar-refractivity contribution is 0.546. The molecule has 0 saturated heterocycles. The molecule has 0 bridgehead atoms. The molecular weight excluding hydrogens is 267 g/mol. The van der Waals surface area contributed by atoms with E-state index in [0.29, 0.717) is 12.0 Å². The van der Waals surface area contributed by atoms with Gasteiger partial charge < -0.3 is 5.73 Å². The van der Waals surface area contributed by atoms with E-state index in [1.54, 1.807) is 6.07 Å². The van der Waals surface area contributed by atoms with Crippen LogP contribution in [0.1, 0.15) is 30.8 Å². The zero-order valence-electron chi connectivity index (χ0n) is 10.7. The Hall–Kier alpha value is -1.46. The minimum atomic E-state index is -0.454. The van der Waals surface area contributed by atoms with Gasteiger partial charge in [0.2, 0.25) is 0 Å². The summed E-state index contributed by atoms with van der Waals surface area (Å²) >= 11 is 5.65. The smallest absolute Gasteiger partial charge is 0.142 e. The largest absolute Gasteiger partial charge is 0.324 e. The second-order valence-corrected chi connectivity index (χ2v) is 4.79. The Balaban J connectivity index is 2.13. The Bertz CT molecular complexity index is 555. The van der Waals surface area contributed by atoms with Gasteiger partial charge in [0.15, 0.2) is 0 Å². The minimum Gasteiger partial charge on any atom is -0.324 e. The van der Waals surface area contributed by atoms with Gasteiger partial charge in [-0.2, -0.15) is 5.10 Å². The molecule has 1 heterocycles. The highest BCUT2D eigenvalue weighted by Crippen LogP contribution is 2.21. The zero-order chi connectivity index (χ0) is 13.8. The van der Waals surface area contributed by atoms with Gasteiger partial charge in [0.25, 0.3) is 0 Å². The first kappa shape index (κ1) is 14.0. The van der Waals surface area contributed by atoms with E-state index in [1.165, 1.54) is 18.5 Å². The van der Waals surface area contributed by atoms with Crippen LogP contribution in [-0.4, -0.2) is 14.8 Å². The number of aryl methyl sites for hydroxylation is 1. The fourth-order valence-corrected chi connectivity index (χ4v) is 2.02. The number of halogens is 2. The first-order valence-electron chi connectivity index (χ1n) is 6.19. The molecule has 4 nitrogen and oxygen atoms in total. The number of benzene rings is 1. The van der Waals surface area contributed by atoms with Crippen molar-refractivity contribution < 1.29 is 4.39 Å². The molecule has 102 valence electrons. The van der Waals surface area contributed by atoms with Gasteiger partial charge in [-0.3, -0.25) is 4.68 Å². The van der Waals surface area contributed by atoms with E-state index in [2.05, 4.69) is 17.0 Å². The molecule has 0 amide bonds. The quantitative estimate of drug-likeness (QED) is 0.917. The van der Waals surface area contributed by atoms with E-state index < -0.39 is 5.82 Å². The average Bonchev–Trinajstić information content (AvgIpc) is 2.80. The predicted octanol–water partition coefficient (Wildman–Crippen LogP) is 2.72. The topological polar surface area (TPSA) is 56.7 Å². The molecule has 0 saturated carbocycles. The third kappa shape index (κ3) is 3.30. The highest BCUT2D eigenvalue weighted by atomic mass is 35.5. The lowest BCUT2D eigenvalue weighted by Gasteiger charge is -2.12. The minimum absolute atomic E-state index is 0.102. The van der Waals surface area contributed by atoms with Crippen molar-refractivity contribution in [2.75, 3.05) is 0 Å². The zero-order valence-corrected chi connectivity index (χ0v) is 11.4. The molecule has 0 spiro atoms. The van der Waals surface area contributed by atoms with E-state index in [-0.39, 0.29) is 11.1 Å². The Morgan fingerprint density at radius 1 is 1.47 bits per heavy atom. The molecule has 1 aromatic heterocycles. The second kappa shape index (κ2) is 6.12. The van der Waals surface area contributed by atoms with Crippen LogP contribution in [0.2, 0.25) is 5.02 Å². The van der Waals surface area contributed by atoms with Crippen molar-refractivity contribution in [3.8, 4) is 0 Å². The summed E-state index contributed by atoms with van der Waals surface area (Å²) in [5.41, 5.74) is 6.78. The fraction of sp³-hybridized carbons (Fsp3) is 0.385. The molecule has 1 unspecified atom stereocenters. The number of hydrogen-bond donors (Lipinski definition) is 1. The fourth-order valence-electron chi connectivity index (χ4n) is 1.90. The van der Waals surface area contributed by atoms with E-state index in [0.717, 1.165) is 18.8 Å². The third-order valence-electron chi connectivity index (χ3n) is 2.91. The summed E-state index contributed by atoms with van der Waals surface area (Å²) in [4.78, 5) is 4.19. The van der Waals surface area contributed by atoms with Crippen LogP contribution in [0.5, 0.6) is 0 Å². The van der Waals surface area contributed by atoms with Crippen LogP contribution < -0.4 is 5.73 Å². The molecule has 19 heavy (non-hydrogen) atoms. The van der Waals surface area contributed by atoms with Crippen molar-refractivity contribution in [1.82, 2.24) is 14.8 Å². The molecule has 0 aliphatic rings. The van der Waals surface area contributed by atoms with Crippen LogP contribution in [0.15, 0.2) is 24.5 Å². The van der Waals surface area contributed by atoms with Crippen LogP contribution in [0.4, 0.5) is 4.39 Å². The van der Waals surface area contributed by atoms with Gasteiger partial charge >= 0.3 is 0 Å². The number of nitrogens with two attached hydrogens (primary N) is 1. The lowest BCUT2D eigenvalue weighted by Crippen LogP contribution is -2.17. The SMILES string of the molecule is CCCn1ncnc1CC(N)c1ccc(Cl)c(F)c1. The van der Waals surface area contributed by atoms with Gasteiger partial charge in [-0.05, 0) is 24.1 Å². The van der Waals surface area contributed by atoms with Crippen molar-refractivity contribution in [2.45, 2.75) is 32.4 Å². The first-order valence-corrected chi connectivity index (χ1v) is 6.56. The number of aromatic nitrogens is 3. The summed E-state index contributed by atoms with van der Waals surface area (Å²) in [5, 5.41) is 4.24. The van der Waals surface area contributed by atoms with E-state index >= 15 is 0 Å². The van der Waals surface area contributed by atoms with Crippen molar-refractivity contribution in [2.24, 2.45) is 5.73 Å². The van der Waals surface area contributed by atoms with Crippen LogP contribution in [0, 0.1) is 5.82 Å². The van der Waals surface area contributed by atoms with Gasteiger partial charge in [-0.15, -0.1) is 0 Å². The number of rotatable bonds is 5. The third-order valence-corrected chi connectivity index (χ3v) is 3.21.